The number of carbonyl (C=O) groups excluding carboxylic acids is 1. The fraction of sp³-hybridized carbons (Fsp3) is 0.400. The van der Waals surface area contributed by atoms with Crippen LogP contribution < -0.4 is 9.47 Å². The number of hydrogen-bond acceptors (Lipinski definition) is 7. The molecule has 0 radical (unpaired) electrons. The van der Waals surface area contributed by atoms with Crippen LogP contribution in [0.3, 0.4) is 0 Å². The quantitative estimate of drug-likeness (QED) is 0.531. The second kappa shape index (κ2) is 11.1. The Morgan fingerprint density at radius 3 is 2.47 bits per heavy atom. The van der Waals surface area contributed by atoms with Crippen LogP contribution >= 0.6 is 0 Å². The molecule has 1 aliphatic rings. The number of phenolic OH excluding ortho intramolecular Hbond substituents is 1. The highest BCUT2D eigenvalue weighted by Gasteiger charge is 2.33. The zero-order chi connectivity index (χ0) is 23.1. The normalized spacial score (nSPS) is 14.2. The highest BCUT2D eigenvalue weighted by Crippen LogP contribution is 2.42. The van der Waals surface area contributed by atoms with Gasteiger partial charge in [0.25, 0.3) is 0 Å². The lowest BCUT2D eigenvalue weighted by atomic mass is 9.99. The van der Waals surface area contributed by atoms with Crippen molar-refractivity contribution < 1.29 is 28.8 Å². The number of allylic oxidation sites excluding steroid dienone is 1. The number of Topliss-reactive ketones (excluding diaryl/α,β-unsaturated/α-hetero) is 1. The van der Waals surface area contributed by atoms with E-state index in [1.54, 1.807) is 33.3 Å². The molecule has 0 unspecified atom stereocenters. The Labute approximate surface area is 189 Å². The van der Waals surface area contributed by atoms with Gasteiger partial charge in [0, 0.05) is 39.4 Å². The lowest BCUT2D eigenvalue weighted by Gasteiger charge is -2.23. The molecule has 1 heterocycles. The molecule has 0 saturated carbocycles. The number of benzene rings is 2. The molecule has 1 aliphatic heterocycles. The summed E-state index contributed by atoms with van der Waals surface area (Å²) in [5, 5.41) is 10.7. The van der Waals surface area contributed by atoms with E-state index >= 15 is 0 Å². The summed E-state index contributed by atoms with van der Waals surface area (Å²) in [7, 11) is 3.29. The molecule has 0 saturated heterocycles. The van der Waals surface area contributed by atoms with Crippen LogP contribution in [0, 0.1) is 6.92 Å². The zero-order valence-electron chi connectivity index (χ0n) is 19.1. The second-order valence-electron chi connectivity index (χ2n) is 7.57. The van der Waals surface area contributed by atoms with Gasteiger partial charge in [-0.2, -0.15) is 0 Å². The van der Waals surface area contributed by atoms with Crippen molar-refractivity contribution in [3.8, 4) is 17.2 Å². The van der Waals surface area contributed by atoms with Gasteiger partial charge in [-0.1, -0.05) is 18.2 Å². The van der Waals surface area contributed by atoms with Crippen molar-refractivity contribution in [1.82, 2.24) is 4.90 Å². The first-order valence-corrected chi connectivity index (χ1v) is 10.7. The molecule has 0 aromatic heterocycles. The highest BCUT2D eigenvalue weighted by atomic mass is 16.5. The molecule has 2 aromatic rings. The number of nitrogens with zero attached hydrogens (tertiary/aromatic N) is 1. The number of aromatic hydroxyl groups is 1. The van der Waals surface area contributed by atoms with Gasteiger partial charge in [0.2, 0.25) is 5.78 Å². The van der Waals surface area contributed by atoms with Crippen molar-refractivity contribution in [2.24, 2.45) is 0 Å². The maximum Gasteiger partial charge on any atom is 0.232 e. The van der Waals surface area contributed by atoms with Crippen LogP contribution in [0.25, 0.3) is 6.08 Å². The van der Waals surface area contributed by atoms with Gasteiger partial charge in [-0.25, -0.2) is 0 Å². The first-order chi connectivity index (χ1) is 15.5. The van der Waals surface area contributed by atoms with Crippen molar-refractivity contribution in [2.75, 3.05) is 47.1 Å². The minimum Gasteiger partial charge on any atom is -0.507 e. The Balaban J connectivity index is 1.96. The topological polar surface area (TPSA) is 77.5 Å². The summed E-state index contributed by atoms with van der Waals surface area (Å²) in [4.78, 5) is 15.3. The molecule has 0 bridgehead atoms. The SMILES string of the molecule is CCOc1ccccc1/C=C1/Oc2c(CN(CCOC)CCOC)c(O)cc(C)c2C1=O. The van der Waals surface area contributed by atoms with Gasteiger partial charge >= 0.3 is 0 Å². The minimum atomic E-state index is -0.203. The number of carbonyl (C=O) groups is 1. The predicted octanol–water partition coefficient (Wildman–Crippen LogP) is 3.81. The summed E-state index contributed by atoms with van der Waals surface area (Å²) in [6.07, 6.45) is 1.70. The molecule has 7 heteroatoms. The van der Waals surface area contributed by atoms with E-state index in [-0.39, 0.29) is 17.3 Å². The molecule has 0 aliphatic carbocycles. The van der Waals surface area contributed by atoms with Crippen molar-refractivity contribution in [3.63, 3.8) is 0 Å². The number of para-hydroxylation sites is 1. The van der Waals surface area contributed by atoms with Gasteiger partial charge in [-0.05, 0) is 37.6 Å². The number of ether oxygens (including phenoxy) is 4. The maximum absolute atomic E-state index is 13.2. The fourth-order valence-electron chi connectivity index (χ4n) is 3.70. The van der Waals surface area contributed by atoms with Crippen LogP contribution in [-0.2, 0) is 16.0 Å². The van der Waals surface area contributed by atoms with Crippen molar-refractivity contribution in [1.29, 1.82) is 0 Å². The summed E-state index contributed by atoms with van der Waals surface area (Å²) in [6, 6.07) is 9.12. The van der Waals surface area contributed by atoms with E-state index in [1.165, 1.54) is 0 Å². The number of aryl methyl sites for hydroxylation is 1. The Hall–Kier alpha value is -2.87. The van der Waals surface area contributed by atoms with Crippen LogP contribution in [0.5, 0.6) is 17.2 Å². The van der Waals surface area contributed by atoms with Crippen molar-refractivity contribution >= 4 is 11.9 Å². The van der Waals surface area contributed by atoms with Crippen molar-refractivity contribution in [3.05, 3.63) is 58.3 Å². The summed E-state index contributed by atoms with van der Waals surface area (Å²) >= 11 is 0. The van der Waals surface area contributed by atoms with Crippen molar-refractivity contribution in [2.45, 2.75) is 20.4 Å². The van der Waals surface area contributed by atoms with Crippen LogP contribution in [0.15, 0.2) is 36.1 Å². The smallest absolute Gasteiger partial charge is 0.232 e. The van der Waals surface area contributed by atoms with Crippen LogP contribution in [0.1, 0.15) is 34.0 Å². The third-order valence-electron chi connectivity index (χ3n) is 5.33. The number of fused-ring (bicyclic) bond motifs is 1. The second-order valence-corrected chi connectivity index (χ2v) is 7.57. The monoisotopic (exact) mass is 441 g/mol. The number of methoxy groups -OCH3 is 2. The van der Waals surface area contributed by atoms with Gasteiger partial charge in [-0.15, -0.1) is 0 Å². The standard InChI is InChI=1S/C25H31NO6/c1-5-31-21-9-7-6-8-18(21)15-22-24(28)23-17(2)14-20(27)19(25(23)32-22)16-26(10-12-29-3)11-13-30-4/h6-9,14-15,27H,5,10-13,16H2,1-4H3/b22-15+. The molecule has 32 heavy (non-hydrogen) atoms. The third kappa shape index (κ3) is 5.30. The Morgan fingerprint density at radius 1 is 1.12 bits per heavy atom. The van der Waals surface area contributed by atoms with E-state index in [0.717, 1.165) is 5.56 Å². The van der Waals surface area contributed by atoms with E-state index in [2.05, 4.69) is 4.90 Å². The van der Waals surface area contributed by atoms with Crippen LogP contribution in [0.4, 0.5) is 0 Å². The van der Waals surface area contributed by atoms with Gasteiger partial charge in [-0.3, -0.25) is 9.69 Å². The number of hydrogen-bond donors (Lipinski definition) is 1. The minimum absolute atomic E-state index is 0.102. The molecule has 7 nitrogen and oxygen atoms in total. The molecule has 3 rings (SSSR count). The average molecular weight is 442 g/mol. The maximum atomic E-state index is 13.2. The molecule has 0 spiro atoms. The zero-order valence-corrected chi connectivity index (χ0v) is 19.1. The molecular weight excluding hydrogens is 410 g/mol. The first-order valence-electron chi connectivity index (χ1n) is 10.7. The molecular formula is C25H31NO6. The molecule has 0 fully saturated rings. The molecule has 0 amide bonds. The summed E-state index contributed by atoms with van der Waals surface area (Å²) in [6.45, 7) is 7.01. The van der Waals surface area contributed by atoms with Gasteiger partial charge < -0.3 is 24.1 Å². The summed E-state index contributed by atoms with van der Waals surface area (Å²) < 4.78 is 22.2. The van der Waals surface area contributed by atoms with Crippen LogP contribution in [-0.4, -0.2) is 62.9 Å². The van der Waals surface area contributed by atoms with Gasteiger partial charge in [0.05, 0.1) is 30.9 Å². The largest absolute Gasteiger partial charge is 0.507 e. The number of ketones is 1. The first kappa shape index (κ1) is 23.8. The number of phenols is 1. The lowest BCUT2D eigenvalue weighted by molar-refractivity contribution is 0.101. The summed E-state index contributed by atoms with van der Waals surface area (Å²) in [5.74, 6) is 1.20. The highest BCUT2D eigenvalue weighted by molar-refractivity contribution is 6.16. The van der Waals surface area contributed by atoms with E-state index in [0.29, 0.717) is 67.6 Å². The molecule has 1 N–H and O–H groups in total. The van der Waals surface area contributed by atoms with E-state index in [4.69, 9.17) is 18.9 Å². The number of rotatable bonds is 11. The lowest BCUT2D eigenvalue weighted by Crippen LogP contribution is -2.30. The fourth-order valence-corrected chi connectivity index (χ4v) is 3.70. The Kier molecular flexibility index (Phi) is 8.27. The average Bonchev–Trinajstić information content (AvgIpc) is 3.10. The Morgan fingerprint density at radius 2 is 1.81 bits per heavy atom. The van der Waals surface area contributed by atoms with E-state index in [9.17, 15) is 9.90 Å². The molecule has 2 aromatic carbocycles. The van der Waals surface area contributed by atoms with Gasteiger partial charge in [0.15, 0.2) is 5.76 Å². The Bertz CT molecular complexity index is 977. The predicted molar refractivity (Wildman–Crippen MR) is 122 cm³/mol. The van der Waals surface area contributed by atoms with E-state index in [1.807, 2.05) is 31.2 Å². The molecule has 172 valence electrons. The molecule has 0 atom stereocenters. The van der Waals surface area contributed by atoms with Gasteiger partial charge in [0.1, 0.15) is 17.2 Å². The van der Waals surface area contributed by atoms with Crippen LogP contribution in [0.2, 0.25) is 0 Å². The summed E-state index contributed by atoms with van der Waals surface area (Å²) in [5.41, 5.74) is 2.49. The van der Waals surface area contributed by atoms with E-state index < -0.39 is 0 Å². The third-order valence-corrected chi connectivity index (χ3v) is 5.33.